The molecule has 0 bridgehead atoms. The molecule has 3 aromatic rings. The summed E-state index contributed by atoms with van der Waals surface area (Å²) in [6, 6.07) is 7.08. The number of methoxy groups -OCH3 is 1. The number of carbonyl (C=O) groups excluding carboxylic acids is 1. The highest BCUT2D eigenvalue weighted by Gasteiger charge is 2.41. The molecule has 7 nitrogen and oxygen atoms in total. The normalized spacial score (nSPS) is 11.5. The number of ether oxygens (including phenoxy) is 1. The number of aryl methyl sites for hydroxylation is 1. The van der Waals surface area contributed by atoms with Gasteiger partial charge in [-0.25, -0.2) is 4.98 Å². The summed E-state index contributed by atoms with van der Waals surface area (Å²) in [6.45, 7) is 1.17. The number of nitrogens with one attached hydrogen (secondary N) is 1. The van der Waals surface area contributed by atoms with Crippen LogP contribution in [0.1, 0.15) is 27.5 Å². The van der Waals surface area contributed by atoms with Gasteiger partial charge in [0.05, 0.1) is 18.5 Å². The summed E-state index contributed by atoms with van der Waals surface area (Å²) in [6.07, 6.45) is -3.04. The van der Waals surface area contributed by atoms with Gasteiger partial charge in [0, 0.05) is 18.5 Å². The van der Waals surface area contributed by atoms with Crippen LogP contribution in [0.5, 0.6) is 5.75 Å². The summed E-state index contributed by atoms with van der Waals surface area (Å²) < 4.78 is 54.0. The number of rotatable bonds is 6. The first-order valence-corrected chi connectivity index (χ1v) is 8.20. The van der Waals surface area contributed by atoms with Crippen molar-refractivity contribution in [3.8, 4) is 17.2 Å². The van der Waals surface area contributed by atoms with E-state index in [-0.39, 0.29) is 13.0 Å². The van der Waals surface area contributed by atoms with Crippen molar-refractivity contribution in [3.63, 3.8) is 0 Å². The number of amides is 1. The molecule has 0 aliphatic rings. The smallest absolute Gasteiger partial charge is 0.422 e. The zero-order valence-corrected chi connectivity index (χ0v) is 15.0. The number of hydrogen-bond acceptors (Lipinski definition) is 6. The second-order valence-electron chi connectivity index (χ2n) is 5.85. The van der Waals surface area contributed by atoms with Crippen molar-refractivity contribution < 1.29 is 31.6 Å². The third-order valence-electron chi connectivity index (χ3n) is 3.91. The molecule has 0 aliphatic heterocycles. The van der Waals surface area contributed by atoms with Gasteiger partial charge in [0.15, 0.2) is 0 Å². The van der Waals surface area contributed by atoms with Gasteiger partial charge >= 0.3 is 6.18 Å². The highest BCUT2D eigenvalue weighted by atomic mass is 19.4. The average molecular weight is 395 g/mol. The second kappa shape index (κ2) is 7.75. The fourth-order valence-electron chi connectivity index (χ4n) is 2.53. The lowest BCUT2D eigenvalue weighted by Crippen LogP contribution is -2.27. The van der Waals surface area contributed by atoms with Crippen LogP contribution < -0.4 is 10.1 Å². The lowest BCUT2D eigenvalue weighted by molar-refractivity contribution is -0.138. The van der Waals surface area contributed by atoms with Gasteiger partial charge in [0.25, 0.3) is 5.91 Å². The van der Waals surface area contributed by atoms with E-state index >= 15 is 0 Å². The van der Waals surface area contributed by atoms with E-state index in [0.29, 0.717) is 17.3 Å². The molecule has 2 aromatic heterocycles. The standard InChI is InChI=1S/C18H16F3N3O4/c1-10-14(18(19,20)21)15(28-24-10)16(25)22-8-7-12-9-27-17(23-12)11-3-5-13(26-2)6-4-11/h3-6,9H,7-8H2,1-2H3,(H,22,25). The van der Waals surface area contributed by atoms with Crippen molar-refractivity contribution in [2.24, 2.45) is 0 Å². The summed E-state index contributed by atoms with van der Waals surface area (Å²) in [4.78, 5) is 16.3. The molecule has 1 aromatic carbocycles. The number of benzene rings is 1. The number of carbonyl (C=O) groups is 1. The molecule has 0 radical (unpaired) electrons. The van der Waals surface area contributed by atoms with Gasteiger partial charge in [0.2, 0.25) is 11.7 Å². The Labute approximate surface area is 157 Å². The molecule has 28 heavy (non-hydrogen) atoms. The number of hydrogen-bond donors (Lipinski definition) is 1. The minimum atomic E-state index is -4.73. The maximum atomic E-state index is 13.0. The van der Waals surface area contributed by atoms with Gasteiger partial charge < -0.3 is 19.0 Å². The van der Waals surface area contributed by atoms with E-state index in [0.717, 1.165) is 12.5 Å². The van der Waals surface area contributed by atoms with Crippen molar-refractivity contribution in [1.29, 1.82) is 0 Å². The zero-order chi connectivity index (χ0) is 20.3. The van der Waals surface area contributed by atoms with Gasteiger partial charge in [0.1, 0.15) is 17.6 Å². The number of alkyl halides is 3. The summed E-state index contributed by atoms with van der Waals surface area (Å²) in [7, 11) is 1.56. The van der Waals surface area contributed by atoms with Crippen molar-refractivity contribution in [1.82, 2.24) is 15.5 Å². The lowest BCUT2D eigenvalue weighted by Gasteiger charge is -2.06. The number of aromatic nitrogens is 2. The van der Waals surface area contributed by atoms with Crippen molar-refractivity contribution in [3.05, 3.63) is 53.2 Å². The Morgan fingerprint density at radius 3 is 2.61 bits per heavy atom. The van der Waals surface area contributed by atoms with E-state index in [1.54, 1.807) is 31.4 Å². The Morgan fingerprint density at radius 1 is 1.25 bits per heavy atom. The van der Waals surface area contributed by atoms with Crippen LogP contribution in [0, 0.1) is 6.92 Å². The molecule has 0 saturated carbocycles. The fourth-order valence-corrected chi connectivity index (χ4v) is 2.53. The molecule has 1 N–H and O–H groups in total. The maximum absolute atomic E-state index is 13.0. The van der Waals surface area contributed by atoms with Gasteiger partial charge in [-0.3, -0.25) is 4.79 Å². The average Bonchev–Trinajstić information content (AvgIpc) is 3.28. The quantitative estimate of drug-likeness (QED) is 0.685. The topological polar surface area (TPSA) is 90.4 Å². The number of nitrogens with zero attached hydrogens (tertiary/aromatic N) is 2. The van der Waals surface area contributed by atoms with Gasteiger partial charge in [-0.1, -0.05) is 5.16 Å². The third-order valence-corrected chi connectivity index (χ3v) is 3.91. The maximum Gasteiger partial charge on any atom is 0.422 e. The summed E-state index contributed by atoms with van der Waals surface area (Å²) >= 11 is 0. The van der Waals surface area contributed by atoms with Crippen LogP contribution in [0.4, 0.5) is 13.2 Å². The Kier molecular flexibility index (Phi) is 5.39. The van der Waals surface area contributed by atoms with Crippen molar-refractivity contribution in [2.75, 3.05) is 13.7 Å². The highest BCUT2D eigenvalue weighted by Crippen LogP contribution is 2.34. The minimum absolute atomic E-state index is 0.0461. The monoisotopic (exact) mass is 395 g/mol. The van der Waals surface area contributed by atoms with E-state index in [1.807, 2.05) is 0 Å². The van der Waals surface area contributed by atoms with Crippen LogP contribution in [0.2, 0.25) is 0 Å². The van der Waals surface area contributed by atoms with Crippen LogP contribution in [0.3, 0.4) is 0 Å². The van der Waals surface area contributed by atoms with Crippen molar-refractivity contribution in [2.45, 2.75) is 19.5 Å². The predicted octanol–water partition coefficient (Wildman–Crippen LogP) is 3.64. The molecule has 10 heteroatoms. The first kappa shape index (κ1) is 19.5. The van der Waals surface area contributed by atoms with Gasteiger partial charge in [-0.05, 0) is 31.2 Å². The van der Waals surface area contributed by atoms with Crippen LogP contribution in [0.25, 0.3) is 11.5 Å². The Bertz CT molecular complexity index is 961. The van der Waals surface area contributed by atoms with E-state index in [1.165, 1.54) is 6.26 Å². The largest absolute Gasteiger partial charge is 0.497 e. The van der Waals surface area contributed by atoms with E-state index in [2.05, 4.69) is 20.0 Å². The van der Waals surface area contributed by atoms with Crippen LogP contribution in [-0.2, 0) is 12.6 Å². The van der Waals surface area contributed by atoms with E-state index < -0.39 is 29.1 Å². The fraction of sp³-hybridized carbons (Fsp3) is 0.278. The Balaban J connectivity index is 1.60. The minimum Gasteiger partial charge on any atom is -0.497 e. The molecular formula is C18H16F3N3O4. The Morgan fingerprint density at radius 2 is 1.96 bits per heavy atom. The Hall–Kier alpha value is -3.30. The number of oxazole rings is 1. The molecule has 2 heterocycles. The SMILES string of the molecule is COc1ccc(-c2nc(CCNC(=O)c3onc(C)c3C(F)(F)F)co2)cc1. The summed E-state index contributed by atoms with van der Waals surface area (Å²) in [5.74, 6) is -0.774. The van der Waals surface area contributed by atoms with Crippen molar-refractivity contribution >= 4 is 5.91 Å². The van der Waals surface area contributed by atoms with Gasteiger partial charge in [-0.2, -0.15) is 13.2 Å². The number of halogens is 3. The third kappa shape index (κ3) is 4.16. The zero-order valence-electron chi connectivity index (χ0n) is 15.0. The molecule has 0 aliphatic carbocycles. The molecular weight excluding hydrogens is 379 g/mol. The highest BCUT2D eigenvalue weighted by molar-refractivity contribution is 5.93. The van der Waals surface area contributed by atoms with Crippen LogP contribution in [-0.4, -0.2) is 29.7 Å². The van der Waals surface area contributed by atoms with Crippen LogP contribution in [0.15, 0.2) is 39.5 Å². The first-order chi connectivity index (χ1) is 13.3. The molecule has 0 unspecified atom stereocenters. The molecule has 0 fully saturated rings. The van der Waals surface area contributed by atoms with Crippen LogP contribution >= 0.6 is 0 Å². The summed E-state index contributed by atoms with van der Waals surface area (Å²) in [5.41, 5.74) is -0.287. The predicted molar refractivity (Wildman–Crippen MR) is 90.8 cm³/mol. The first-order valence-electron chi connectivity index (χ1n) is 8.20. The molecule has 148 valence electrons. The molecule has 3 rings (SSSR count). The van der Waals surface area contributed by atoms with Gasteiger partial charge in [-0.15, -0.1) is 0 Å². The molecule has 0 spiro atoms. The second-order valence-corrected chi connectivity index (χ2v) is 5.85. The summed E-state index contributed by atoms with van der Waals surface area (Å²) in [5, 5.41) is 5.59. The lowest BCUT2D eigenvalue weighted by atomic mass is 10.2. The van der Waals surface area contributed by atoms with E-state index in [4.69, 9.17) is 9.15 Å². The molecule has 1 amide bonds. The molecule has 0 saturated heterocycles. The van der Waals surface area contributed by atoms with E-state index in [9.17, 15) is 18.0 Å². The molecule has 0 atom stereocenters.